The van der Waals surface area contributed by atoms with E-state index >= 15 is 0 Å². The number of benzene rings is 3. The summed E-state index contributed by atoms with van der Waals surface area (Å²) >= 11 is 1.45. The summed E-state index contributed by atoms with van der Waals surface area (Å²) in [5, 5.41) is 14.4. The molecule has 0 atom stereocenters. The molecule has 0 saturated heterocycles. The molecule has 10 heteroatoms. The van der Waals surface area contributed by atoms with E-state index in [0.717, 1.165) is 44.5 Å². The predicted molar refractivity (Wildman–Crippen MR) is 149 cm³/mol. The molecule has 2 aromatic heterocycles. The van der Waals surface area contributed by atoms with Crippen molar-refractivity contribution in [2.24, 2.45) is 0 Å². The van der Waals surface area contributed by atoms with E-state index in [2.05, 4.69) is 9.89 Å². The molecule has 6 rings (SSSR count). The summed E-state index contributed by atoms with van der Waals surface area (Å²) in [6.07, 6.45) is -3.02. The van der Waals surface area contributed by atoms with Crippen molar-refractivity contribution >= 4 is 27.4 Å². The molecule has 1 fully saturated rings. The highest BCUT2D eigenvalue weighted by Gasteiger charge is 2.36. The molecule has 5 aromatic rings. The molecule has 0 spiro atoms. The monoisotopic (exact) mass is 579 g/mol. The molecule has 1 N–H and O–H groups in total. The molecule has 0 amide bonds. The number of hydrogen-bond acceptors (Lipinski definition) is 6. The number of aromatic nitrogens is 1. The number of nitrogens with zero attached hydrogens (tertiary/aromatic N) is 1. The number of thiophene rings is 1. The van der Waals surface area contributed by atoms with Gasteiger partial charge in [-0.15, -0.1) is 24.5 Å². The fraction of sp³-hybridized carbons (Fsp3) is 0.226. The second-order valence-electron chi connectivity index (χ2n) is 10.0. The second-order valence-corrected chi connectivity index (χ2v) is 11.3. The molecule has 0 radical (unpaired) electrons. The van der Waals surface area contributed by atoms with Crippen LogP contribution in [0.4, 0.5) is 13.2 Å². The van der Waals surface area contributed by atoms with E-state index in [1.807, 2.05) is 50.2 Å². The number of rotatable bonds is 8. The molecule has 3 aromatic carbocycles. The molecular weight excluding hydrogens is 555 g/mol. The van der Waals surface area contributed by atoms with Gasteiger partial charge in [-0.2, -0.15) is 0 Å². The summed E-state index contributed by atoms with van der Waals surface area (Å²) in [7, 11) is 0. The number of carbonyl (C=O) groups is 1. The average molecular weight is 580 g/mol. The van der Waals surface area contributed by atoms with E-state index in [0.29, 0.717) is 22.6 Å². The molecule has 41 heavy (non-hydrogen) atoms. The minimum absolute atomic E-state index is 0.0577. The lowest BCUT2D eigenvalue weighted by Gasteiger charge is -2.14. The Morgan fingerprint density at radius 2 is 1.85 bits per heavy atom. The summed E-state index contributed by atoms with van der Waals surface area (Å²) in [6.45, 7) is 3.82. The molecule has 2 heterocycles. The first-order valence-corrected chi connectivity index (χ1v) is 13.7. The Labute approximate surface area is 236 Å². The lowest BCUT2D eigenvalue weighted by molar-refractivity contribution is -0.274. The van der Waals surface area contributed by atoms with E-state index in [4.69, 9.17) is 9.26 Å². The van der Waals surface area contributed by atoms with E-state index in [1.54, 1.807) is 6.07 Å². The van der Waals surface area contributed by atoms with Crippen LogP contribution in [0.15, 0.2) is 65.2 Å². The average Bonchev–Trinajstić information content (AvgIpc) is 3.57. The molecule has 1 aliphatic rings. The van der Waals surface area contributed by atoms with Crippen LogP contribution in [0.5, 0.6) is 11.5 Å². The van der Waals surface area contributed by atoms with Crippen LogP contribution in [0.3, 0.4) is 0 Å². The highest BCUT2D eigenvalue weighted by Crippen LogP contribution is 2.46. The highest BCUT2D eigenvalue weighted by molar-refractivity contribution is 7.19. The van der Waals surface area contributed by atoms with Crippen LogP contribution in [0, 0.1) is 13.8 Å². The molecule has 0 unspecified atom stereocenters. The molecule has 0 aliphatic heterocycles. The Hall–Kier alpha value is -4.31. The quantitative estimate of drug-likeness (QED) is 0.198. The molecular formula is C31H24F3NO5S. The van der Waals surface area contributed by atoms with Gasteiger partial charge in [-0.05, 0) is 73.7 Å². The Kier molecular flexibility index (Phi) is 6.73. The van der Waals surface area contributed by atoms with Crippen molar-refractivity contribution in [2.45, 2.75) is 45.6 Å². The van der Waals surface area contributed by atoms with Crippen LogP contribution in [0.2, 0.25) is 0 Å². The van der Waals surface area contributed by atoms with E-state index < -0.39 is 12.3 Å². The van der Waals surface area contributed by atoms with Gasteiger partial charge in [0.15, 0.2) is 0 Å². The standard InChI is InChI=1S/C31H24F3NO5S/c1-16-13-20(10-12-21(16)19-9-11-23-26(14-19)41-17(2)27(23)30(36)37)38-15-24-28(35-40-29(24)18-7-8-18)22-5-3-4-6-25(22)39-31(32,33)34/h3-6,9-14,18H,7-8,15H2,1-2H3,(H,36,37). The fourth-order valence-corrected chi connectivity index (χ4v) is 6.17. The Bertz CT molecular complexity index is 1780. The van der Waals surface area contributed by atoms with Gasteiger partial charge in [0.05, 0.1) is 11.1 Å². The number of ether oxygens (including phenoxy) is 2. The van der Waals surface area contributed by atoms with Gasteiger partial charge in [0, 0.05) is 26.4 Å². The van der Waals surface area contributed by atoms with Crippen LogP contribution in [-0.2, 0) is 6.61 Å². The van der Waals surface area contributed by atoms with Gasteiger partial charge in [-0.3, -0.25) is 0 Å². The summed E-state index contributed by atoms with van der Waals surface area (Å²) in [6, 6.07) is 17.3. The smallest absolute Gasteiger partial charge is 0.489 e. The molecule has 6 nitrogen and oxygen atoms in total. The van der Waals surface area contributed by atoms with Gasteiger partial charge < -0.3 is 19.1 Å². The third-order valence-electron chi connectivity index (χ3n) is 7.11. The Balaban J connectivity index is 1.27. The number of aryl methyl sites for hydroxylation is 2. The van der Waals surface area contributed by atoms with Crippen molar-refractivity contribution < 1.29 is 37.1 Å². The van der Waals surface area contributed by atoms with Gasteiger partial charge >= 0.3 is 12.3 Å². The number of carboxylic acid groups (broad SMARTS) is 1. The summed E-state index contributed by atoms with van der Waals surface area (Å²) in [5.74, 6) is 0.0746. The van der Waals surface area contributed by atoms with Gasteiger partial charge in [0.25, 0.3) is 0 Å². The highest BCUT2D eigenvalue weighted by atomic mass is 32.1. The van der Waals surface area contributed by atoms with Crippen LogP contribution >= 0.6 is 11.3 Å². The molecule has 210 valence electrons. The number of alkyl halides is 3. The second kappa shape index (κ2) is 10.3. The SMILES string of the molecule is Cc1cc(OCc2c(-c3ccccc3OC(F)(F)F)noc2C2CC2)ccc1-c1ccc2c(C(=O)O)c(C)sc2c1. The van der Waals surface area contributed by atoms with E-state index in [9.17, 15) is 23.1 Å². The minimum atomic E-state index is -4.85. The van der Waals surface area contributed by atoms with Crippen molar-refractivity contribution in [3.05, 3.63) is 88.0 Å². The lowest BCUT2D eigenvalue weighted by Crippen LogP contribution is -2.17. The molecule has 1 saturated carbocycles. The first kappa shape index (κ1) is 26.9. The predicted octanol–water partition coefficient (Wildman–Crippen LogP) is 8.89. The van der Waals surface area contributed by atoms with Crippen LogP contribution in [0.25, 0.3) is 32.5 Å². The van der Waals surface area contributed by atoms with Gasteiger partial charge in [-0.1, -0.05) is 35.5 Å². The molecule has 1 aliphatic carbocycles. The maximum atomic E-state index is 13.1. The van der Waals surface area contributed by atoms with Gasteiger partial charge in [0.1, 0.15) is 29.6 Å². The zero-order chi connectivity index (χ0) is 28.9. The number of halogens is 3. The third kappa shape index (κ3) is 5.39. The lowest BCUT2D eigenvalue weighted by atomic mass is 9.99. The number of carboxylic acids is 1. The van der Waals surface area contributed by atoms with Crippen molar-refractivity contribution in [1.82, 2.24) is 5.16 Å². The van der Waals surface area contributed by atoms with Gasteiger partial charge in [0.2, 0.25) is 0 Å². The fourth-order valence-electron chi connectivity index (χ4n) is 5.07. The number of aromatic carboxylic acids is 1. The topological polar surface area (TPSA) is 81.8 Å². The molecule has 0 bridgehead atoms. The van der Waals surface area contributed by atoms with Crippen molar-refractivity contribution in [3.63, 3.8) is 0 Å². The van der Waals surface area contributed by atoms with Crippen molar-refractivity contribution in [3.8, 4) is 33.9 Å². The number of para-hydroxylation sites is 1. The van der Waals surface area contributed by atoms with Gasteiger partial charge in [-0.25, -0.2) is 4.79 Å². The van der Waals surface area contributed by atoms with Crippen LogP contribution in [-0.4, -0.2) is 22.6 Å². The van der Waals surface area contributed by atoms with E-state index in [1.165, 1.54) is 29.5 Å². The zero-order valence-electron chi connectivity index (χ0n) is 22.0. The van der Waals surface area contributed by atoms with Crippen molar-refractivity contribution in [2.75, 3.05) is 0 Å². The number of fused-ring (bicyclic) bond motifs is 1. The Morgan fingerprint density at radius 1 is 1.07 bits per heavy atom. The maximum absolute atomic E-state index is 13.1. The van der Waals surface area contributed by atoms with Crippen LogP contribution in [0.1, 0.15) is 50.9 Å². The van der Waals surface area contributed by atoms with E-state index in [-0.39, 0.29) is 29.5 Å². The van der Waals surface area contributed by atoms with Crippen molar-refractivity contribution in [1.29, 1.82) is 0 Å². The first-order chi connectivity index (χ1) is 19.6. The third-order valence-corrected chi connectivity index (χ3v) is 8.17. The number of hydrogen-bond donors (Lipinski definition) is 1. The normalized spacial score (nSPS) is 13.5. The first-order valence-electron chi connectivity index (χ1n) is 12.9. The maximum Gasteiger partial charge on any atom is 0.573 e. The zero-order valence-corrected chi connectivity index (χ0v) is 22.9. The summed E-state index contributed by atoms with van der Waals surface area (Å²) in [5.41, 5.74) is 4.26. The largest absolute Gasteiger partial charge is 0.573 e. The minimum Gasteiger partial charge on any atom is -0.489 e. The Morgan fingerprint density at radius 3 is 2.56 bits per heavy atom. The summed E-state index contributed by atoms with van der Waals surface area (Å²) in [4.78, 5) is 12.4. The summed E-state index contributed by atoms with van der Waals surface area (Å²) < 4.78 is 56.1. The van der Waals surface area contributed by atoms with Crippen LogP contribution < -0.4 is 9.47 Å².